The molecule has 1 N–H and O–H groups in total. The largest absolute Gasteiger partial charge is 0.491 e. The molecule has 1 heterocycles. The average molecular weight is 273 g/mol. The van der Waals surface area contributed by atoms with Crippen LogP contribution in [0.25, 0.3) is 0 Å². The van der Waals surface area contributed by atoms with Crippen molar-refractivity contribution in [2.45, 2.75) is 39.5 Å². The first kappa shape index (κ1) is 14.6. The lowest BCUT2D eigenvalue weighted by Crippen LogP contribution is -2.16. The minimum Gasteiger partial charge on any atom is -0.491 e. The number of nitrogens with zero attached hydrogens (tertiary/aromatic N) is 2. The second-order valence-corrected chi connectivity index (χ2v) is 5.11. The fraction of sp³-hybridized carbons (Fsp3) is 0.438. The SMILES string of the molecule is CC(C)Oc1ccc(CNCCCn2cccn2)cc1. The Morgan fingerprint density at radius 3 is 2.70 bits per heavy atom. The van der Waals surface area contributed by atoms with Crippen LogP contribution in [0.5, 0.6) is 5.75 Å². The van der Waals surface area contributed by atoms with Gasteiger partial charge in [-0.2, -0.15) is 5.10 Å². The molecule has 0 amide bonds. The standard InChI is InChI=1S/C16H23N3O/c1-14(2)20-16-7-5-15(6-8-16)13-17-9-3-11-19-12-4-10-18-19/h4-8,10,12,14,17H,3,9,11,13H2,1-2H3. The Bertz CT molecular complexity index is 477. The van der Waals surface area contributed by atoms with Gasteiger partial charge in [-0.05, 0) is 50.6 Å². The molecule has 2 aromatic rings. The minimum absolute atomic E-state index is 0.223. The molecule has 0 bridgehead atoms. The van der Waals surface area contributed by atoms with Gasteiger partial charge in [-0.1, -0.05) is 12.1 Å². The summed E-state index contributed by atoms with van der Waals surface area (Å²) in [5.74, 6) is 0.933. The summed E-state index contributed by atoms with van der Waals surface area (Å²) in [5.41, 5.74) is 1.28. The summed E-state index contributed by atoms with van der Waals surface area (Å²) in [4.78, 5) is 0. The molecule has 0 atom stereocenters. The van der Waals surface area contributed by atoms with Gasteiger partial charge in [-0.3, -0.25) is 4.68 Å². The predicted octanol–water partition coefficient (Wildman–Crippen LogP) is 2.85. The quantitative estimate of drug-likeness (QED) is 0.752. The lowest BCUT2D eigenvalue weighted by molar-refractivity contribution is 0.242. The molecule has 0 saturated carbocycles. The number of benzene rings is 1. The molecule has 0 unspecified atom stereocenters. The van der Waals surface area contributed by atoms with Crippen molar-refractivity contribution >= 4 is 0 Å². The van der Waals surface area contributed by atoms with Crippen molar-refractivity contribution in [1.82, 2.24) is 15.1 Å². The van der Waals surface area contributed by atoms with Gasteiger partial charge in [0, 0.05) is 25.5 Å². The van der Waals surface area contributed by atoms with Crippen LogP contribution >= 0.6 is 0 Å². The molecule has 4 nitrogen and oxygen atoms in total. The Morgan fingerprint density at radius 2 is 2.05 bits per heavy atom. The van der Waals surface area contributed by atoms with Gasteiger partial charge < -0.3 is 10.1 Å². The lowest BCUT2D eigenvalue weighted by Gasteiger charge is -2.10. The third-order valence-corrected chi connectivity index (χ3v) is 2.92. The van der Waals surface area contributed by atoms with E-state index < -0.39 is 0 Å². The zero-order chi connectivity index (χ0) is 14.2. The van der Waals surface area contributed by atoms with Gasteiger partial charge in [0.15, 0.2) is 0 Å². The second kappa shape index (κ2) is 7.70. The van der Waals surface area contributed by atoms with Crippen LogP contribution in [-0.4, -0.2) is 22.4 Å². The van der Waals surface area contributed by atoms with Crippen molar-refractivity contribution in [3.63, 3.8) is 0 Å². The van der Waals surface area contributed by atoms with E-state index in [2.05, 4.69) is 22.5 Å². The second-order valence-electron chi connectivity index (χ2n) is 5.11. The average Bonchev–Trinajstić information content (AvgIpc) is 2.93. The van der Waals surface area contributed by atoms with Crippen LogP contribution in [0.15, 0.2) is 42.7 Å². The predicted molar refractivity (Wildman–Crippen MR) is 80.8 cm³/mol. The van der Waals surface area contributed by atoms with Crippen LogP contribution in [0.4, 0.5) is 0 Å². The lowest BCUT2D eigenvalue weighted by atomic mass is 10.2. The third-order valence-electron chi connectivity index (χ3n) is 2.92. The molecule has 0 spiro atoms. The minimum atomic E-state index is 0.223. The highest BCUT2D eigenvalue weighted by Gasteiger charge is 1.98. The summed E-state index contributed by atoms with van der Waals surface area (Å²) in [6.07, 6.45) is 5.11. The molecule has 2 rings (SSSR count). The number of ether oxygens (including phenoxy) is 1. The van der Waals surface area contributed by atoms with Crippen molar-refractivity contribution in [2.75, 3.05) is 6.54 Å². The number of hydrogen-bond acceptors (Lipinski definition) is 3. The fourth-order valence-electron chi connectivity index (χ4n) is 1.99. The van der Waals surface area contributed by atoms with Gasteiger partial charge in [-0.15, -0.1) is 0 Å². The highest BCUT2D eigenvalue weighted by molar-refractivity contribution is 5.27. The Labute approximate surface area is 120 Å². The molecular weight excluding hydrogens is 250 g/mol. The number of nitrogens with one attached hydrogen (secondary N) is 1. The summed E-state index contributed by atoms with van der Waals surface area (Å²) in [5, 5.41) is 7.62. The fourth-order valence-corrected chi connectivity index (χ4v) is 1.99. The van der Waals surface area contributed by atoms with Crippen molar-refractivity contribution in [3.05, 3.63) is 48.3 Å². The van der Waals surface area contributed by atoms with Crippen LogP contribution < -0.4 is 10.1 Å². The molecule has 1 aromatic carbocycles. The molecule has 108 valence electrons. The van der Waals surface area contributed by atoms with E-state index in [0.29, 0.717) is 0 Å². The van der Waals surface area contributed by atoms with Gasteiger partial charge in [0.05, 0.1) is 6.10 Å². The van der Waals surface area contributed by atoms with Crippen LogP contribution in [0, 0.1) is 0 Å². The Balaban J connectivity index is 1.64. The van der Waals surface area contributed by atoms with Gasteiger partial charge in [0.2, 0.25) is 0 Å². The molecule has 0 aliphatic carbocycles. The highest BCUT2D eigenvalue weighted by atomic mass is 16.5. The van der Waals surface area contributed by atoms with Gasteiger partial charge in [-0.25, -0.2) is 0 Å². The first-order valence-corrected chi connectivity index (χ1v) is 7.18. The van der Waals surface area contributed by atoms with Crippen LogP contribution in [0.3, 0.4) is 0 Å². The van der Waals surface area contributed by atoms with E-state index >= 15 is 0 Å². The van der Waals surface area contributed by atoms with E-state index in [9.17, 15) is 0 Å². The molecule has 0 aliphatic heterocycles. The Morgan fingerprint density at radius 1 is 1.25 bits per heavy atom. The Hall–Kier alpha value is -1.81. The van der Waals surface area contributed by atoms with Crippen molar-refractivity contribution in [2.24, 2.45) is 0 Å². The van der Waals surface area contributed by atoms with Gasteiger partial charge in [0.1, 0.15) is 5.75 Å². The molecule has 0 saturated heterocycles. The molecular formula is C16H23N3O. The number of rotatable bonds is 8. The van der Waals surface area contributed by atoms with E-state index in [1.165, 1.54) is 5.56 Å². The molecule has 1 aromatic heterocycles. The maximum absolute atomic E-state index is 5.62. The zero-order valence-corrected chi connectivity index (χ0v) is 12.2. The normalized spacial score (nSPS) is 10.9. The summed E-state index contributed by atoms with van der Waals surface area (Å²) < 4.78 is 7.58. The molecule has 0 radical (unpaired) electrons. The first-order valence-electron chi connectivity index (χ1n) is 7.18. The zero-order valence-electron chi connectivity index (χ0n) is 12.2. The van der Waals surface area contributed by atoms with E-state index in [4.69, 9.17) is 4.74 Å². The van der Waals surface area contributed by atoms with E-state index in [1.54, 1.807) is 0 Å². The summed E-state index contributed by atoms with van der Waals surface area (Å²) in [6, 6.07) is 10.2. The van der Waals surface area contributed by atoms with Crippen molar-refractivity contribution in [3.8, 4) is 5.75 Å². The van der Waals surface area contributed by atoms with Crippen LogP contribution in [0.2, 0.25) is 0 Å². The van der Waals surface area contributed by atoms with Gasteiger partial charge in [0.25, 0.3) is 0 Å². The van der Waals surface area contributed by atoms with E-state index in [-0.39, 0.29) is 6.10 Å². The van der Waals surface area contributed by atoms with E-state index in [1.807, 2.05) is 49.1 Å². The summed E-state index contributed by atoms with van der Waals surface area (Å²) in [6.45, 7) is 6.91. The Kier molecular flexibility index (Phi) is 5.62. The molecule has 0 aliphatic rings. The number of aryl methyl sites for hydroxylation is 1. The molecule has 0 fully saturated rings. The third kappa shape index (κ3) is 5.05. The number of hydrogen-bond donors (Lipinski definition) is 1. The van der Waals surface area contributed by atoms with Crippen molar-refractivity contribution < 1.29 is 4.74 Å². The number of aromatic nitrogens is 2. The van der Waals surface area contributed by atoms with Crippen LogP contribution in [-0.2, 0) is 13.1 Å². The van der Waals surface area contributed by atoms with Gasteiger partial charge >= 0.3 is 0 Å². The molecule has 4 heteroatoms. The first-order chi connectivity index (χ1) is 9.74. The van der Waals surface area contributed by atoms with Crippen molar-refractivity contribution in [1.29, 1.82) is 0 Å². The topological polar surface area (TPSA) is 39.1 Å². The molecule has 20 heavy (non-hydrogen) atoms. The highest BCUT2D eigenvalue weighted by Crippen LogP contribution is 2.13. The summed E-state index contributed by atoms with van der Waals surface area (Å²) in [7, 11) is 0. The summed E-state index contributed by atoms with van der Waals surface area (Å²) >= 11 is 0. The van der Waals surface area contributed by atoms with E-state index in [0.717, 1.165) is 31.8 Å². The van der Waals surface area contributed by atoms with Crippen LogP contribution in [0.1, 0.15) is 25.8 Å². The monoisotopic (exact) mass is 273 g/mol. The maximum Gasteiger partial charge on any atom is 0.119 e. The smallest absolute Gasteiger partial charge is 0.119 e. The maximum atomic E-state index is 5.62.